The van der Waals surface area contributed by atoms with Gasteiger partial charge in [0.05, 0.1) is 20.3 Å². The Hall–Kier alpha value is -2.05. The van der Waals surface area contributed by atoms with Crippen molar-refractivity contribution in [1.82, 2.24) is 10.2 Å². The van der Waals surface area contributed by atoms with E-state index in [0.29, 0.717) is 6.54 Å². The van der Waals surface area contributed by atoms with Crippen LogP contribution < -0.4 is 14.8 Å². The summed E-state index contributed by atoms with van der Waals surface area (Å²) < 4.78 is 11.0. The second-order valence-electron chi connectivity index (χ2n) is 6.38. The maximum atomic E-state index is 5.70. The zero-order valence-corrected chi connectivity index (χ0v) is 17.0. The van der Waals surface area contributed by atoms with Crippen molar-refractivity contribution in [3.63, 3.8) is 0 Å². The molecule has 138 valence electrons. The summed E-state index contributed by atoms with van der Waals surface area (Å²) in [6.45, 7) is 7.48. The van der Waals surface area contributed by atoms with Gasteiger partial charge in [-0.3, -0.25) is 0 Å². The van der Waals surface area contributed by atoms with E-state index in [9.17, 15) is 0 Å². The van der Waals surface area contributed by atoms with Crippen LogP contribution in [0, 0.1) is 0 Å². The molecule has 4 nitrogen and oxygen atoms in total. The van der Waals surface area contributed by atoms with E-state index < -0.39 is 0 Å². The largest absolute Gasteiger partial charge is 0.493 e. The first-order chi connectivity index (χ1) is 12.5. The van der Waals surface area contributed by atoms with Gasteiger partial charge in [0.25, 0.3) is 0 Å². The lowest BCUT2D eigenvalue weighted by molar-refractivity contribution is 0.327. The average Bonchev–Trinajstić information content (AvgIpc) is 3.18. The fourth-order valence-electron chi connectivity index (χ4n) is 3.25. The van der Waals surface area contributed by atoms with E-state index in [2.05, 4.69) is 46.4 Å². The van der Waals surface area contributed by atoms with Gasteiger partial charge >= 0.3 is 0 Å². The van der Waals surface area contributed by atoms with E-state index in [1.54, 1.807) is 25.6 Å². The predicted octanol–water partition coefficient (Wildman–Crippen LogP) is 4.16. The van der Waals surface area contributed by atoms with Crippen LogP contribution in [0.2, 0.25) is 0 Å². The van der Waals surface area contributed by atoms with Crippen molar-refractivity contribution in [3.8, 4) is 11.5 Å². The molecule has 1 N–H and O–H groups in total. The number of thiocarbonyl (C=S) groups is 1. The monoisotopic (exact) mass is 388 g/mol. The lowest BCUT2D eigenvalue weighted by atomic mass is 9.91. The molecule has 0 unspecified atom stereocenters. The third-order valence-electron chi connectivity index (χ3n) is 4.49. The highest BCUT2D eigenvalue weighted by Crippen LogP contribution is 2.42. The molecule has 0 radical (unpaired) electrons. The number of thiophene rings is 1. The minimum atomic E-state index is 0.0728. The number of ether oxygens (including phenoxy) is 2. The molecule has 0 fully saturated rings. The van der Waals surface area contributed by atoms with Gasteiger partial charge in [0.15, 0.2) is 16.6 Å². The molecule has 0 spiro atoms. The highest BCUT2D eigenvalue weighted by atomic mass is 32.1. The predicted molar refractivity (Wildman–Crippen MR) is 112 cm³/mol. The van der Waals surface area contributed by atoms with Gasteiger partial charge in [-0.2, -0.15) is 0 Å². The van der Waals surface area contributed by atoms with Crippen molar-refractivity contribution in [2.24, 2.45) is 0 Å². The van der Waals surface area contributed by atoms with Gasteiger partial charge in [0.2, 0.25) is 0 Å². The summed E-state index contributed by atoms with van der Waals surface area (Å²) in [4.78, 5) is 3.52. The Balaban J connectivity index is 2.02. The molecule has 1 atom stereocenters. The third-order valence-corrected chi connectivity index (χ3v) is 5.79. The molecular formula is C20H24N2O2S2. The fraction of sp³-hybridized carbons (Fsp3) is 0.350. The summed E-state index contributed by atoms with van der Waals surface area (Å²) in [5.74, 6) is 1.52. The topological polar surface area (TPSA) is 33.7 Å². The van der Waals surface area contributed by atoms with Crippen LogP contribution in [0.1, 0.15) is 29.0 Å². The molecule has 6 heteroatoms. The fourth-order valence-corrected chi connectivity index (χ4v) is 4.37. The van der Waals surface area contributed by atoms with Gasteiger partial charge in [0.1, 0.15) is 0 Å². The molecule has 0 saturated carbocycles. The second kappa shape index (κ2) is 8.10. The van der Waals surface area contributed by atoms with Crippen molar-refractivity contribution in [3.05, 3.63) is 57.8 Å². The summed E-state index contributed by atoms with van der Waals surface area (Å²) in [5, 5.41) is 6.19. The van der Waals surface area contributed by atoms with Crippen LogP contribution in [0.4, 0.5) is 0 Å². The van der Waals surface area contributed by atoms with E-state index in [-0.39, 0.29) is 6.04 Å². The van der Waals surface area contributed by atoms with Crippen LogP contribution in [-0.4, -0.2) is 37.3 Å². The average molecular weight is 389 g/mol. The minimum absolute atomic E-state index is 0.0728. The molecular weight excluding hydrogens is 364 g/mol. The molecule has 0 aliphatic carbocycles. The number of hydrogen-bond donors (Lipinski definition) is 1. The first-order valence-corrected chi connectivity index (χ1v) is 9.81. The zero-order valence-electron chi connectivity index (χ0n) is 15.4. The van der Waals surface area contributed by atoms with Crippen molar-refractivity contribution < 1.29 is 9.47 Å². The first-order valence-electron chi connectivity index (χ1n) is 8.52. The number of benzene rings is 1. The molecule has 2 heterocycles. The zero-order chi connectivity index (χ0) is 18.7. The summed E-state index contributed by atoms with van der Waals surface area (Å²) in [5.41, 5.74) is 3.56. The molecule has 0 bridgehead atoms. The maximum absolute atomic E-state index is 5.70. The summed E-state index contributed by atoms with van der Waals surface area (Å²) >= 11 is 7.45. The number of fused-ring (bicyclic) bond motifs is 1. The molecule has 26 heavy (non-hydrogen) atoms. The number of nitrogens with zero attached hydrogens (tertiary/aromatic N) is 1. The van der Waals surface area contributed by atoms with Crippen molar-refractivity contribution in [2.45, 2.75) is 19.4 Å². The van der Waals surface area contributed by atoms with Gasteiger partial charge < -0.3 is 19.7 Å². The van der Waals surface area contributed by atoms with Crippen molar-refractivity contribution >= 4 is 28.7 Å². The third kappa shape index (κ3) is 3.71. The van der Waals surface area contributed by atoms with Crippen LogP contribution in [0.25, 0.3) is 0 Å². The Morgan fingerprint density at radius 2 is 2.08 bits per heavy atom. The van der Waals surface area contributed by atoms with Crippen LogP contribution in [0.5, 0.6) is 11.5 Å². The van der Waals surface area contributed by atoms with E-state index >= 15 is 0 Å². The molecule has 1 aromatic carbocycles. The molecule has 0 amide bonds. The van der Waals surface area contributed by atoms with E-state index in [4.69, 9.17) is 21.7 Å². The van der Waals surface area contributed by atoms with E-state index in [0.717, 1.165) is 35.2 Å². The molecule has 3 rings (SSSR count). The first kappa shape index (κ1) is 18.7. The number of rotatable bonds is 5. The lowest BCUT2D eigenvalue weighted by Gasteiger charge is -2.39. The number of methoxy groups -OCH3 is 2. The Bertz CT molecular complexity index is 802. The van der Waals surface area contributed by atoms with Crippen LogP contribution in [0.15, 0.2) is 41.8 Å². The van der Waals surface area contributed by atoms with Gasteiger partial charge in [-0.15, -0.1) is 11.3 Å². The summed E-state index contributed by atoms with van der Waals surface area (Å²) in [6.07, 6.45) is 0.909. The maximum Gasteiger partial charge on any atom is 0.170 e. The minimum Gasteiger partial charge on any atom is -0.493 e. The highest BCUT2D eigenvalue weighted by molar-refractivity contribution is 7.80. The van der Waals surface area contributed by atoms with Gasteiger partial charge in [-0.25, -0.2) is 0 Å². The second-order valence-corrected chi connectivity index (χ2v) is 7.75. The standard InChI is InChI=1S/C20H24N2O2S2/c1-13(2)12-21-20(25)22-8-7-14-10-16(23-3)17(24-4)11-15(14)19(22)18-6-5-9-26-18/h5-6,9-11,19H,1,7-8,12H2,2-4H3,(H,21,25)/t19-/m0/s1. The summed E-state index contributed by atoms with van der Waals surface area (Å²) in [7, 11) is 3.34. The van der Waals surface area contributed by atoms with Gasteiger partial charge in [0, 0.05) is 18.0 Å². The molecule has 0 saturated heterocycles. The van der Waals surface area contributed by atoms with Gasteiger partial charge in [-0.1, -0.05) is 18.2 Å². The SMILES string of the molecule is C=C(C)CNC(=S)N1CCc2cc(OC)c(OC)cc2[C@H]1c1cccs1. The number of nitrogens with one attached hydrogen (secondary N) is 1. The molecule has 2 aromatic rings. The van der Waals surface area contributed by atoms with Crippen LogP contribution >= 0.6 is 23.6 Å². The smallest absolute Gasteiger partial charge is 0.170 e. The van der Waals surface area contributed by atoms with E-state index in [1.165, 1.54) is 16.0 Å². The normalized spacial score (nSPS) is 16.0. The van der Waals surface area contributed by atoms with Gasteiger partial charge in [-0.05, 0) is 60.3 Å². The highest BCUT2D eigenvalue weighted by Gasteiger charge is 2.32. The van der Waals surface area contributed by atoms with Crippen molar-refractivity contribution in [2.75, 3.05) is 27.3 Å². The molecule has 1 aliphatic heterocycles. The van der Waals surface area contributed by atoms with E-state index in [1.807, 2.05) is 6.92 Å². The molecule has 1 aromatic heterocycles. The summed E-state index contributed by atoms with van der Waals surface area (Å²) in [6, 6.07) is 8.50. The lowest BCUT2D eigenvalue weighted by Crippen LogP contribution is -2.46. The molecule has 1 aliphatic rings. The van der Waals surface area contributed by atoms with Crippen LogP contribution in [-0.2, 0) is 6.42 Å². The Morgan fingerprint density at radius 1 is 1.35 bits per heavy atom. The Labute approximate surface area is 164 Å². The Morgan fingerprint density at radius 3 is 2.69 bits per heavy atom. The number of hydrogen-bond acceptors (Lipinski definition) is 4. The van der Waals surface area contributed by atoms with Crippen molar-refractivity contribution in [1.29, 1.82) is 0 Å². The quantitative estimate of drug-likeness (QED) is 0.614. The Kier molecular flexibility index (Phi) is 5.84. The van der Waals surface area contributed by atoms with Crippen LogP contribution in [0.3, 0.4) is 0 Å².